The van der Waals surface area contributed by atoms with Gasteiger partial charge in [-0.25, -0.2) is 0 Å². The molecule has 1 rings (SSSR count). The van der Waals surface area contributed by atoms with Crippen LogP contribution in [-0.2, 0) is 0 Å². The van der Waals surface area contributed by atoms with Crippen LogP contribution >= 0.6 is 11.8 Å². The van der Waals surface area contributed by atoms with Crippen molar-refractivity contribution in [2.24, 2.45) is 5.73 Å². The molecule has 1 aliphatic rings. The van der Waals surface area contributed by atoms with Crippen LogP contribution in [0.5, 0.6) is 0 Å². The minimum atomic E-state index is 0.220. The van der Waals surface area contributed by atoms with Crippen molar-refractivity contribution < 1.29 is 0 Å². The Kier molecular flexibility index (Phi) is 2.03. The smallest absolute Gasteiger partial charge is 0.0247 e. The normalized spacial score (nSPS) is 22.8. The van der Waals surface area contributed by atoms with Crippen LogP contribution in [-0.4, -0.2) is 16.0 Å². The van der Waals surface area contributed by atoms with E-state index in [-0.39, 0.29) is 5.54 Å². The maximum Gasteiger partial charge on any atom is 0.0247 e. The molecule has 2 N–H and O–H groups in total. The Balaban J connectivity index is 2.17. The Labute approximate surface area is 67.8 Å². The number of hydrogen-bond donors (Lipinski definition) is 1. The van der Waals surface area contributed by atoms with Gasteiger partial charge >= 0.3 is 0 Å². The van der Waals surface area contributed by atoms with Gasteiger partial charge in [0.05, 0.1) is 0 Å². The molecule has 0 atom stereocenters. The van der Waals surface area contributed by atoms with Crippen molar-refractivity contribution in [2.75, 3.05) is 5.75 Å². The van der Waals surface area contributed by atoms with Crippen LogP contribution in [0.3, 0.4) is 0 Å². The standard InChI is InChI=1S/C8H17NS/c1-7(2,3)10-6-8(9)4-5-8/h4-6,9H2,1-3H3. The van der Waals surface area contributed by atoms with Crippen molar-refractivity contribution in [1.29, 1.82) is 0 Å². The molecule has 60 valence electrons. The topological polar surface area (TPSA) is 26.0 Å². The zero-order chi connectivity index (χ0) is 7.83. The van der Waals surface area contributed by atoms with Crippen molar-refractivity contribution in [3.05, 3.63) is 0 Å². The van der Waals surface area contributed by atoms with Crippen molar-refractivity contribution >= 4 is 11.8 Å². The highest BCUT2D eigenvalue weighted by molar-refractivity contribution is 8.00. The lowest BCUT2D eigenvalue weighted by Crippen LogP contribution is -2.27. The summed E-state index contributed by atoms with van der Waals surface area (Å²) < 4.78 is 0.384. The highest BCUT2D eigenvalue weighted by Crippen LogP contribution is 2.38. The minimum Gasteiger partial charge on any atom is -0.324 e. The Hall–Kier alpha value is 0.310. The molecule has 1 aliphatic carbocycles. The third kappa shape index (κ3) is 2.93. The van der Waals surface area contributed by atoms with Crippen molar-refractivity contribution in [2.45, 2.75) is 43.9 Å². The van der Waals surface area contributed by atoms with E-state index in [1.807, 2.05) is 11.8 Å². The highest BCUT2D eigenvalue weighted by Gasteiger charge is 2.38. The van der Waals surface area contributed by atoms with E-state index in [1.165, 1.54) is 12.8 Å². The average Bonchev–Trinajstić information content (AvgIpc) is 2.43. The lowest BCUT2D eigenvalue weighted by molar-refractivity contribution is 0.751. The van der Waals surface area contributed by atoms with Gasteiger partial charge in [-0.3, -0.25) is 0 Å². The predicted octanol–water partition coefficient (Wildman–Crippen LogP) is 2.01. The van der Waals surface area contributed by atoms with E-state index >= 15 is 0 Å². The summed E-state index contributed by atoms with van der Waals surface area (Å²) >= 11 is 1.98. The van der Waals surface area contributed by atoms with E-state index in [0.717, 1.165) is 5.75 Å². The molecule has 0 aromatic heterocycles. The lowest BCUT2D eigenvalue weighted by Gasteiger charge is -2.19. The molecule has 0 radical (unpaired) electrons. The summed E-state index contributed by atoms with van der Waals surface area (Å²) in [4.78, 5) is 0. The van der Waals surface area contributed by atoms with Gasteiger partial charge in [-0.1, -0.05) is 20.8 Å². The molecule has 2 heteroatoms. The fourth-order valence-electron chi connectivity index (χ4n) is 0.665. The van der Waals surface area contributed by atoms with E-state index in [4.69, 9.17) is 5.73 Å². The van der Waals surface area contributed by atoms with Crippen molar-refractivity contribution in [1.82, 2.24) is 0 Å². The number of hydrogen-bond acceptors (Lipinski definition) is 2. The van der Waals surface area contributed by atoms with Gasteiger partial charge in [-0.05, 0) is 12.8 Å². The Morgan fingerprint density at radius 1 is 1.40 bits per heavy atom. The summed E-state index contributed by atoms with van der Waals surface area (Å²) in [5.41, 5.74) is 6.15. The van der Waals surface area contributed by atoms with Gasteiger partial charge in [0.25, 0.3) is 0 Å². The lowest BCUT2D eigenvalue weighted by atomic mass is 10.3. The second-order valence-electron chi connectivity index (χ2n) is 4.26. The number of rotatable bonds is 2. The van der Waals surface area contributed by atoms with E-state index in [0.29, 0.717) is 4.75 Å². The third-order valence-corrected chi connectivity index (χ3v) is 3.27. The summed E-state index contributed by atoms with van der Waals surface area (Å²) in [5.74, 6) is 1.14. The minimum absolute atomic E-state index is 0.220. The summed E-state index contributed by atoms with van der Waals surface area (Å²) in [6.45, 7) is 6.72. The molecule has 0 heterocycles. The van der Waals surface area contributed by atoms with Crippen LogP contribution in [0.4, 0.5) is 0 Å². The van der Waals surface area contributed by atoms with Gasteiger partial charge in [0.15, 0.2) is 0 Å². The first kappa shape index (κ1) is 8.41. The number of thioether (sulfide) groups is 1. The van der Waals surface area contributed by atoms with Crippen LogP contribution in [0.2, 0.25) is 0 Å². The molecule has 10 heavy (non-hydrogen) atoms. The van der Waals surface area contributed by atoms with E-state index in [2.05, 4.69) is 20.8 Å². The molecule has 0 saturated heterocycles. The largest absolute Gasteiger partial charge is 0.324 e. The summed E-state index contributed by atoms with van der Waals surface area (Å²) in [5, 5.41) is 0. The van der Waals surface area contributed by atoms with Crippen molar-refractivity contribution in [3.8, 4) is 0 Å². The van der Waals surface area contributed by atoms with Gasteiger partial charge in [0, 0.05) is 16.0 Å². The quantitative estimate of drug-likeness (QED) is 0.667. The van der Waals surface area contributed by atoms with Crippen LogP contribution in [0.1, 0.15) is 33.6 Å². The highest BCUT2D eigenvalue weighted by atomic mass is 32.2. The fraction of sp³-hybridized carbons (Fsp3) is 1.00. The van der Waals surface area contributed by atoms with Crippen LogP contribution < -0.4 is 5.73 Å². The van der Waals surface area contributed by atoms with Crippen molar-refractivity contribution in [3.63, 3.8) is 0 Å². The third-order valence-electron chi connectivity index (χ3n) is 1.68. The second-order valence-corrected chi connectivity index (χ2v) is 6.07. The summed E-state index contributed by atoms with van der Waals surface area (Å²) in [6.07, 6.45) is 2.46. The monoisotopic (exact) mass is 159 g/mol. The van der Waals surface area contributed by atoms with Gasteiger partial charge in [-0.2, -0.15) is 11.8 Å². The van der Waals surface area contributed by atoms with Crippen LogP contribution in [0, 0.1) is 0 Å². The molecular formula is C8H17NS. The molecule has 1 fully saturated rings. The summed E-state index contributed by atoms with van der Waals surface area (Å²) in [6, 6.07) is 0. The molecule has 0 aliphatic heterocycles. The second kappa shape index (κ2) is 2.42. The first-order valence-corrected chi connectivity index (χ1v) is 4.83. The molecule has 0 aromatic carbocycles. The SMILES string of the molecule is CC(C)(C)SCC1(N)CC1. The Morgan fingerprint density at radius 2 is 1.90 bits per heavy atom. The maximum absolute atomic E-state index is 5.93. The Bertz CT molecular complexity index is 116. The average molecular weight is 159 g/mol. The first-order chi connectivity index (χ1) is 4.41. The zero-order valence-electron chi connectivity index (χ0n) is 7.11. The first-order valence-electron chi connectivity index (χ1n) is 3.84. The van der Waals surface area contributed by atoms with Gasteiger partial charge in [0.1, 0.15) is 0 Å². The molecule has 0 aromatic rings. The van der Waals surface area contributed by atoms with E-state index in [9.17, 15) is 0 Å². The van der Waals surface area contributed by atoms with Gasteiger partial charge in [0.2, 0.25) is 0 Å². The predicted molar refractivity (Wildman–Crippen MR) is 48.4 cm³/mol. The zero-order valence-corrected chi connectivity index (χ0v) is 7.92. The van der Waals surface area contributed by atoms with Crippen LogP contribution in [0.15, 0.2) is 0 Å². The Morgan fingerprint density at radius 3 is 2.20 bits per heavy atom. The number of nitrogens with two attached hydrogens (primary N) is 1. The van der Waals surface area contributed by atoms with Gasteiger partial charge in [-0.15, -0.1) is 0 Å². The van der Waals surface area contributed by atoms with Crippen LogP contribution in [0.25, 0.3) is 0 Å². The van der Waals surface area contributed by atoms with E-state index < -0.39 is 0 Å². The fourth-order valence-corrected chi connectivity index (χ4v) is 1.67. The van der Waals surface area contributed by atoms with E-state index in [1.54, 1.807) is 0 Å². The molecule has 0 amide bonds. The molecule has 0 bridgehead atoms. The molecule has 0 unspecified atom stereocenters. The molecular weight excluding hydrogens is 142 g/mol. The molecule has 1 saturated carbocycles. The van der Waals surface area contributed by atoms with Gasteiger partial charge < -0.3 is 5.73 Å². The maximum atomic E-state index is 5.93. The molecule has 1 nitrogen and oxygen atoms in total. The summed E-state index contributed by atoms with van der Waals surface area (Å²) in [7, 11) is 0. The molecule has 0 spiro atoms.